The molecule has 0 saturated heterocycles. The molecule has 2 rings (SSSR count). The standard InChI is InChI=1S/C17H23N3O4/c1-11(2)7-15-18-16(24-19-15)10-20(3)9-12-5-6-14(23-4)13(8-12)17(21)22/h5-6,8,11H,7,9-10H2,1-4H3,(H,21,22). The van der Waals surface area contributed by atoms with Crippen molar-refractivity contribution in [3.8, 4) is 5.75 Å². The Morgan fingerprint density at radius 3 is 2.75 bits per heavy atom. The van der Waals surface area contributed by atoms with Gasteiger partial charge in [0.2, 0.25) is 5.89 Å². The fraction of sp³-hybridized carbons (Fsp3) is 0.471. The van der Waals surface area contributed by atoms with E-state index in [0.717, 1.165) is 12.0 Å². The second-order valence-corrected chi connectivity index (χ2v) is 6.21. The predicted octanol–water partition coefficient (Wildman–Crippen LogP) is 2.61. The van der Waals surface area contributed by atoms with E-state index in [4.69, 9.17) is 9.26 Å². The normalized spacial score (nSPS) is 11.2. The summed E-state index contributed by atoms with van der Waals surface area (Å²) in [6.45, 7) is 5.27. The number of carboxylic acid groups (broad SMARTS) is 1. The van der Waals surface area contributed by atoms with Crippen LogP contribution in [0.25, 0.3) is 0 Å². The summed E-state index contributed by atoms with van der Waals surface area (Å²) in [5.74, 6) is 1.09. The molecule has 2 aromatic rings. The number of rotatable bonds is 8. The number of aromatic nitrogens is 2. The predicted molar refractivity (Wildman–Crippen MR) is 88.0 cm³/mol. The molecule has 7 nitrogen and oxygen atoms in total. The van der Waals surface area contributed by atoms with Crippen LogP contribution in [0.1, 0.15) is 41.5 Å². The summed E-state index contributed by atoms with van der Waals surface area (Å²) < 4.78 is 10.3. The van der Waals surface area contributed by atoms with Crippen molar-refractivity contribution in [2.24, 2.45) is 5.92 Å². The number of methoxy groups -OCH3 is 1. The molecule has 0 fully saturated rings. The highest BCUT2D eigenvalue weighted by molar-refractivity contribution is 5.91. The minimum absolute atomic E-state index is 0.153. The first-order valence-electron chi connectivity index (χ1n) is 7.79. The van der Waals surface area contributed by atoms with Gasteiger partial charge < -0.3 is 14.4 Å². The van der Waals surface area contributed by atoms with E-state index >= 15 is 0 Å². The fourth-order valence-corrected chi connectivity index (χ4v) is 2.42. The molecule has 0 atom stereocenters. The first kappa shape index (κ1) is 17.9. The van der Waals surface area contributed by atoms with E-state index in [1.807, 2.05) is 18.0 Å². The molecule has 0 aliphatic heterocycles. The van der Waals surface area contributed by atoms with E-state index in [1.54, 1.807) is 12.1 Å². The van der Waals surface area contributed by atoms with Crippen LogP contribution in [0.4, 0.5) is 0 Å². The van der Waals surface area contributed by atoms with Crippen molar-refractivity contribution in [1.29, 1.82) is 0 Å². The number of ether oxygens (including phenoxy) is 1. The molecule has 0 aliphatic carbocycles. The Balaban J connectivity index is 2.01. The lowest BCUT2D eigenvalue weighted by Gasteiger charge is -2.15. The van der Waals surface area contributed by atoms with Crippen molar-refractivity contribution in [3.05, 3.63) is 41.0 Å². The molecule has 0 radical (unpaired) electrons. The SMILES string of the molecule is COc1ccc(CN(C)Cc2nc(CC(C)C)no2)cc1C(=O)O. The van der Waals surface area contributed by atoms with E-state index in [1.165, 1.54) is 7.11 Å². The largest absolute Gasteiger partial charge is 0.496 e. The van der Waals surface area contributed by atoms with Crippen LogP contribution in [-0.4, -0.2) is 40.3 Å². The third kappa shape index (κ3) is 4.79. The number of carbonyl (C=O) groups is 1. The van der Waals surface area contributed by atoms with E-state index < -0.39 is 5.97 Å². The number of nitrogens with zero attached hydrogens (tertiary/aromatic N) is 3. The van der Waals surface area contributed by atoms with E-state index in [9.17, 15) is 9.90 Å². The highest BCUT2D eigenvalue weighted by Gasteiger charge is 2.14. The molecule has 0 unspecified atom stereocenters. The van der Waals surface area contributed by atoms with Crippen molar-refractivity contribution in [1.82, 2.24) is 15.0 Å². The number of aromatic carboxylic acids is 1. The Hall–Kier alpha value is -2.41. The molecular formula is C17H23N3O4. The molecule has 0 aliphatic rings. The second kappa shape index (κ2) is 7.92. The Morgan fingerprint density at radius 2 is 2.12 bits per heavy atom. The Labute approximate surface area is 141 Å². The van der Waals surface area contributed by atoms with Crippen LogP contribution in [-0.2, 0) is 19.5 Å². The molecule has 1 N–H and O–H groups in total. The maximum Gasteiger partial charge on any atom is 0.339 e. The summed E-state index contributed by atoms with van der Waals surface area (Å²) in [5, 5.41) is 13.2. The number of hydrogen-bond acceptors (Lipinski definition) is 6. The maximum atomic E-state index is 11.3. The lowest BCUT2D eigenvalue weighted by Crippen LogP contribution is -2.18. The van der Waals surface area contributed by atoms with Crippen LogP contribution < -0.4 is 4.74 Å². The Kier molecular flexibility index (Phi) is 5.92. The van der Waals surface area contributed by atoms with Gasteiger partial charge in [-0.3, -0.25) is 4.90 Å². The number of carboxylic acids is 1. The van der Waals surface area contributed by atoms with E-state index in [2.05, 4.69) is 24.0 Å². The van der Waals surface area contributed by atoms with Gasteiger partial charge in [-0.25, -0.2) is 4.79 Å². The molecule has 1 aromatic carbocycles. The monoisotopic (exact) mass is 333 g/mol. The van der Waals surface area contributed by atoms with Gasteiger partial charge in [0.15, 0.2) is 5.82 Å². The van der Waals surface area contributed by atoms with Gasteiger partial charge in [0, 0.05) is 13.0 Å². The summed E-state index contributed by atoms with van der Waals surface area (Å²) in [6, 6.07) is 5.13. The highest BCUT2D eigenvalue weighted by Crippen LogP contribution is 2.21. The van der Waals surface area contributed by atoms with Gasteiger partial charge in [0.25, 0.3) is 0 Å². The van der Waals surface area contributed by atoms with Crippen LogP contribution in [0, 0.1) is 5.92 Å². The van der Waals surface area contributed by atoms with Crippen LogP contribution >= 0.6 is 0 Å². The van der Waals surface area contributed by atoms with Crippen molar-refractivity contribution < 1.29 is 19.2 Å². The van der Waals surface area contributed by atoms with Gasteiger partial charge in [-0.1, -0.05) is 25.1 Å². The highest BCUT2D eigenvalue weighted by atomic mass is 16.5. The zero-order chi connectivity index (χ0) is 17.7. The molecule has 130 valence electrons. The first-order valence-corrected chi connectivity index (χ1v) is 7.79. The topological polar surface area (TPSA) is 88.7 Å². The number of benzene rings is 1. The van der Waals surface area contributed by atoms with Crippen LogP contribution in [0.15, 0.2) is 22.7 Å². The van der Waals surface area contributed by atoms with Gasteiger partial charge in [0.05, 0.1) is 13.7 Å². The molecule has 0 saturated carbocycles. The van der Waals surface area contributed by atoms with Gasteiger partial charge in [0.1, 0.15) is 11.3 Å². The summed E-state index contributed by atoms with van der Waals surface area (Å²) in [6.07, 6.45) is 0.785. The van der Waals surface area contributed by atoms with Gasteiger partial charge >= 0.3 is 5.97 Å². The lowest BCUT2D eigenvalue weighted by atomic mass is 10.1. The average molecular weight is 333 g/mol. The molecule has 1 heterocycles. The lowest BCUT2D eigenvalue weighted by molar-refractivity contribution is 0.0693. The quantitative estimate of drug-likeness (QED) is 0.794. The van der Waals surface area contributed by atoms with Gasteiger partial charge in [-0.15, -0.1) is 0 Å². The van der Waals surface area contributed by atoms with Crippen molar-refractivity contribution in [2.75, 3.05) is 14.2 Å². The molecular weight excluding hydrogens is 310 g/mol. The van der Waals surface area contributed by atoms with Gasteiger partial charge in [-0.05, 0) is 30.7 Å². The van der Waals surface area contributed by atoms with Gasteiger partial charge in [-0.2, -0.15) is 4.98 Å². The molecule has 1 aromatic heterocycles. The van der Waals surface area contributed by atoms with Crippen molar-refractivity contribution in [2.45, 2.75) is 33.4 Å². The van der Waals surface area contributed by atoms with Crippen LogP contribution in [0.3, 0.4) is 0 Å². The van der Waals surface area contributed by atoms with Crippen molar-refractivity contribution in [3.63, 3.8) is 0 Å². The summed E-state index contributed by atoms with van der Waals surface area (Å²) >= 11 is 0. The average Bonchev–Trinajstić information content (AvgIpc) is 2.93. The van der Waals surface area contributed by atoms with Crippen LogP contribution in [0.2, 0.25) is 0 Å². The Bertz CT molecular complexity index is 697. The molecule has 0 amide bonds. The zero-order valence-electron chi connectivity index (χ0n) is 14.4. The van der Waals surface area contributed by atoms with E-state index in [0.29, 0.717) is 36.5 Å². The molecule has 7 heteroatoms. The third-order valence-electron chi connectivity index (χ3n) is 3.45. The molecule has 0 bridgehead atoms. The minimum Gasteiger partial charge on any atom is -0.496 e. The van der Waals surface area contributed by atoms with Crippen LogP contribution in [0.5, 0.6) is 5.75 Å². The minimum atomic E-state index is -1.01. The van der Waals surface area contributed by atoms with E-state index in [-0.39, 0.29) is 5.56 Å². The smallest absolute Gasteiger partial charge is 0.339 e. The summed E-state index contributed by atoms with van der Waals surface area (Å²) in [7, 11) is 3.37. The maximum absolute atomic E-state index is 11.3. The van der Waals surface area contributed by atoms with Crippen molar-refractivity contribution >= 4 is 5.97 Å². The first-order chi connectivity index (χ1) is 11.4. The third-order valence-corrected chi connectivity index (χ3v) is 3.45. The fourth-order valence-electron chi connectivity index (χ4n) is 2.42. The summed E-state index contributed by atoms with van der Waals surface area (Å²) in [4.78, 5) is 17.6. The number of hydrogen-bond donors (Lipinski definition) is 1. The zero-order valence-corrected chi connectivity index (χ0v) is 14.4. The summed E-state index contributed by atoms with van der Waals surface area (Å²) in [5.41, 5.74) is 1.03. The molecule has 0 spiro atoms. The molecule has 24 heavy (non-hydrogen) atoms. The second-order valence-electron chi connectivity index (χ2n) is 6.21. The Morgan fingerprint density at radius 1 is 1.38 bits per heavy atom.